The summed E-state index contributed by atoms with van der Waals surface area (Å²) in [6, 6.07) is 0. The van der Waals surface area contributed by atoms with E-state index >= 15 is 0 Å². The van der Waals surface area contributed by atoms with Crippen molar-refractivity contribution in [2.24, 2.45) is 0 Å². The fourth-order valence-corrected chi connectivity index (χ4v) is 2.70. The minimum atomic E-state index is -0.905. The first-order valence-corrected chi connectivity index (χ1v) is 9.06. The van der Waals surface area contributed by atoms with E-state index in [0.29, 0.717) is 6.42 Å². The molecule has 0 aromatic heterocycles. The maximum atomic E-state index is 10.4. The highest BCUT2D eigenvalue weighted by molar-refractivity contribution is 5.67. The van der Waals surface area contributed by atoms with Gasteiger partial charge in [0.1, 0.15) is 0 Å². The van der Waals surface area contributed by atoms with Crippen LogP contribution in [0.5, 0.6) is 0 Å². The van der Waals surface area contributed by atoms with Gasteiger partial charge in [-0.3, -0.25) is 4.79 Å². The molecule has 2 N–H and O–H groups in total. The second kappa shape index (κ2) is 15.8. The van der Waals surface area contributed by atoms with Crippen LogP contribution in [0.3, 0.4) is 0 Å². The molecule has 0 fully saturated rings. The Bertz CT molecular complexity index is 229. The summed E-state index contributed by atoms with van der Waals surface area (Å²) in [6.45, 7) is 2.26. The largest absolute Gasteiger partial charge is 0.481 e. The number of aliphatic hydroxyl groups is 1. The summed E-state index contributed by atoms with van der Waals surface area (Å²) >= 11 is 0. The van der Waals surface area contributed by atoms with Gasteiger partial charge in [0, 0.05) is 0 Å². The van der Waals surface area contributed by atoms with Gasteiger partial charge in [0.2, 0.25) is 0 Å². The van der Waals surface area contributed by atoms with Crippen molar-refractivity contribution in [1.29, 1.82) is 0 Å². The van der Waals surface area contributed by atoms with Crippen molar-refractivity contribution in [2.45, 2.75) is 109 Å². The Morgan fingerprint density at radius 1 is 0.762 bits per heavy atom. The lowest BCUT2D eigenvalue weighted by molar-refractivity contribution is -0.139. The molecule has 21 heavy (non-hydrogen) atoms. The van der Waals surface area contributed by atoms with E-state index in [9.17, 15) is 9.90 Å². The number of aliphatic hydroxyl groups excluding tert-OH is 1. The minimum Gasteiger partial charge on any atom is -0.481 e. The van der Waals surface area contributed by atoms with Gasteiger partial charge in [0.15, 0.2) is 0 Å². The van der Waals surface area contributed by atoms with E-state index in [-0.39, 0.29) is 6.42 Å². The maximum absolute atomic E-state index is 10.4. The monoisotopic (exact) mass is 300 g/mol. The molecule has 0 aliphatic heterocycles. The summed E-state index contributed by atoms with van der Waals surface area (Å²) < 4.78 is 0. The first-order chi connectivity index (χ1) is 10.2. The second-order valence-electron chi connectivity index (χ2n) is 6.28. The number of carbonyl (C=O) groups is 1. The Morgan fingerprint density at radius 3 is 1.52 bits per heavy atom. The van der Waals surface area contributed by atoms with Gasteiger partial charge in [0.05, 0.1) is 12.5 Å². The molecule has 0 bridgehead atoms. The summed E-state index contributed by atoms with van der Waals surface area (Å²) in [5.41, 5.74) is 0. The molecule has 0 saturated heterocycles. The zero-order valence-electron chi connectivity index (χ0n) is 14.0. The van der Waals surface area contributed by atoms with Crippen molar-refractivity contribution in [3.63, 3.8) is 0 Å². The minimum absolute atomic E-state index is 0.113. The van der Waals surface area contributed by atoms with Crippen LogP contribution in [0.1, 0.15) is 103 Å². The summed E-state index contributed by atoms with van der Waals surface area (Å²) in [7, 11) is 0. The fraction of sp³-hybridized carbons (Fsp3) is 0.944. The van der Waals surface area contributed by atoms with Gasteiger partial charge in [-0.15, -0.1) is 0 Å². The Hall–Kier alpha value is -0.570. The average Bonchev–Trinajstić information content (AvgIpc) is 2.43. The Balaban J connectivity index is 3.07. The zero-order valence-corrected chi connectivity index (χ0v) is 14.0. The van der Waals surface area contributed by atoms with Crippen molar-refractivity contribution in [2.75, 3.05) is 0 Å². The van der Waals surface area contributed by atoms with E-state index in [4.69, 9.17) is 5.11 Å². The molecule has 0 heterocycles. The predicted molar refractivity (Wildman–Crippen MR) is 88.6 cm³/mol. The molecular weight excluding hydrogens is 264 g/mol. The third kappa shape index (κ3) is 17.4. The Labute approximate surface area is 131 Å². The van der Waals surface area contributed by atoms with Crippen LogP contribution in [0.15, 0.2) is 0 Å². The van der Waals surface area contributed by atoms with Crippen LogP contribution in [0.2, 0.25) is 0 Å². The quantitative estimate of drug-likeness (QED) is 0.380. The first-order valence-electron chi connectivity index (χ1n) is 9.06. The number of rotatable bonds is 16. The average molecular weight is 300 g/mol. The highest BCUT2D eigenvalue weighted by Crippen LogP contribution is 2.13. The lowest BCUT2D eigenvalue weighted by Gasteiger charge is -2.07. The van der Waals surface area contributed by atoms with Gasteiger partial charge < -0.3 is 10.2 Å². The molecule has 3 nitrogen and oxygen atoms in total. The number of unbranched alkanes of at least 4 members (excludes halogenated alkanes) is 12. The molecule has 0 aliphatic rings. The normalized spacial score (nSPS) is 12.5. The van der Waals surface area contributed by atoms with Crippen LogP contribution in [0.4, 0.5) is 0 Å². The van der Waals surface area contributed by atoms with E-state index in [1.807, 2.05) is 0 Å². The second-order valence-corrected chi connectivity index (χ2v) is 6.28. The highest BCUT2D eigenvalue weighted by Gasteiger charge is 2.08. The molecule has 0 amide bonds. The van der Waals surface area contributed by atoms with Crippen LogP contribution in [0, 0.1) is 0 Å². The number of carboxylic acid groups (broad SMARTS) is 1. The van der Waals surface area contributed by atoms with Gasteiger partial charge in [-0.2, -0.15) is 0 Å². The molecule has 1 unspecified atom stereocenters. The van der Waals surface area contributed by atoms with Crippen molar-refractivity contribution < 1.29 is 15.0 Å². The third-order valence-electron chi connectivity index (χ3n) is 4.05. The molecule has 1 atom stereocenters. The number of hydrogen-bond acceptors (Lipinski definition) is 2. The van der Waals surface area contributed by atoms with Gasteiger partial charge in [-0.1, -0.05) is 90.4 Å². The van der Waals surface area contributed by atoms with E-state index < -0.39 is 12.1 Å². The molecule has 126 valence electrons. The first kappa shape index (κ1) is 20.4. The summed E-state index contributed by atoms with van der Waals surface area (Å²) in [5, 5.41) is 17.9. The van der Waals surface area contributed by atoms with Crippen molar-refractivity contribution in [3.05, 3.63) is 0 Å². The molecule has 0 aliphatic carbocycles. The molecule has 0 spiro atoms. The molecule has 0 rings (SSSR count). The molecule has 0 saturated carbocycles. The van der Waals surface area contributed by atoms with Crippen LogP contribution < -0.4 is 0 Å². The number of carboxylic acids is 1. The number of hydrogen-bond donors (Lipinski definition) is 2. The SMILES string of the molecule is CCCCCCCCCCCCCCCC(O)CC(=O)O. The van der Waals surface area contributed by atoms with E-state index in [0.717, 1.165) is 12.8 Å². The van der Waals surface area contributed by atoms with E-state index in [2.05, 4.69) is 6.92 Å². The van der Waals surface area contributed by atoms with Gasteiger partial charge >= 0.3 is 5.97 Å². The summed E-state index contributed by atoms with van der Waals surface area (Å²) in [4.78, 5) is 10.4. The molecule has 3 heteroatoms. The number of aliphatic carboxylic acids is 1. The third-order valence-corrected chi connectivity index (χ3v) is 4.05. The molecular formula is C18H36O3. The smallest absolute Gasteiger partial charge is 0.305 e. The zero-order chi connectivity index (χ0) is 15.8. The van der Waals surface area contributed by atoms with E-state index in [1.54, 1.807) is 0 Å². The lowest BCUT2D eigenvalue weighted by Crippen LogP contribution is -2.12. The van der Waals surface area contributed by atoms with Crippen LogP contribution in [-0.2, 0) is 4.79 Å². The topological polar surface area (TPSA) is 57.5 Å². The van der Waals surface area contributed by atoms with Crippen LogP contribution >= 0.6 is 0 Å². The van der Waals surface area contributed by atoms with Crippen LogP contribution in [-0.4, -0.2) is 22.3 Å². The predicted octanol–water partition coefficient (Wildman–Crippen LogP) is 5.30. The van der Waals surface area contributed by atoms with Crippen molar-refractivity contribution in [3.8, 4) is 0 Å². The van der Waals surface area contributed by atoms with Crippen molar-refractivity contribution >= 4 is 5.97 Å². The molecule has 0 aromatic carbocycles. The van der Waals surface area contributed by atoms with Crippen molar-refractivity contribution in [1.82, 2.24) is 0 Å². The van der Waals surface area contributed by atoms with Gasteiger partial charge in [-0.25, -0.2) is 0 Å². The highest BCUT2D eigenvalue weighted by atomic mass is 16.4. The van der Waals surface area contributed by atoms with Crippen LogP contribution in [0.25, 0.3) is 0 Å². The fourth-order valence-electron chi connectivity index (χ4n) is 2.70. The Kier molecular flexibility index (Phi) is 15.4. The van der Waals surface area contributed by atoms with Gasteiger partial charge in [0.25, 0.3) is 0 Å². The summed E-state index contributed by atoms with van der Waals surface area (Å²) in [6.07, 6.45) is 16.8. The molecule has 0 aromatic rings. The summed E-state index contributed by atoms with van der Waals surface area (Å²) in [5.74, 6) is -0.905. The lowest BCUT2D eigenvalue weighted by atomic mass is 10.0. The molecule has 0 radical (unpaired) electrons. The van der Waals surface area contributed by atoms with E-state index in [1.165, 1.54) is 70.6 Å². The standard InChI is InChI=1S/C18H36O3/c1-2-3-4-5-6-7-8-9-10-11-12-13-14-15-17(19)16-18(20)21/h17,19H,2-16H2,1H3,(H,20,21). The maximum Gasteiger partial charge on any atom is 0.305 e. The Morgan fingerprint density at radius 2 is 1.14 bits per heavy atom. The van der Waals surface area contributed by atoms with Gasteiger partial charge in [-0.05, 0) is 6.42 Å².